The van der Waals surface area contributed by atoms with Gasteiger partial charge >= 0.3 is 0 Å². The Kier molecular flexibility index (Phi) is 5.99. The molecule has 0 saturated carbocycles. The van der Waals surface area contributed by atoms with Gasteiger partial charge < -0.3 is 5.32 Å². The third-order valence-electron chi connectivity index (χ3n) is 4.17. The summed E-state index contributed by atoms with van der Waals surface area (Å²) in [4.78, 5) is 12.3. The molecule has 0 spiro atoms. The van der Waals surface area contributed by atoms with Crippen molar-refractivity contribution in [2.24, 2.45) is 0 Å². The van der Waals surface area contributed by atoms with Crippen molar-refractivity contribution in [1.82, 2.24) is 9.78 Å². The zero-order valence-electron chi connectivity index (χ0n) is 15.0. The fourth-order valence-electron chi connectivity index (χ4n) is 2.78. The summed E-state index contributed by atoms with van der Waals surface area (Å²) in [6, 6.07) is 15.0. The number of halogens is 2. The van der Waals surface area contributed by atoms with Gasteiger partial charge in [0, 0.05) is 16.1 Å². The van der Waals surface area contributed by atoms with E-state index in [1.54, 1.807) is 12.1 Å². The number of benzene rings is 2. The smallest absolute Gasteiger partial charge is 0.248 e. The van der Waals surface area contributed by atoms with Crippen LogP contribution in [-0.4, -0.2) is 15.7 Å². The average molecular weight is 400 g/mol. The first kappa shape index (κ1) is 19.2. The van der Waals surface area contributed by atoms with Crippen LogP contribution in [0.15, 0.2) is 54.6 Å². The first-order chi connectivity index (χ1) is 12.9. The number of anilines is 1. The van der Waals surface area contributed by atoms with Crippen molar-refractivity contribution >= 4 is 40.9 Å². The third kappa shape index (κ3) is 4.79. The van der Waals surface area contributed by atoms with Crippen molar-refractivity contribution in [1.29, 1.82) is 0 Å². The number of rotatable bonds is 5. The molecular weight excluding hydrogens is 381 g/mol. The maximum absolute atomic E-state index is 12.3. The largest absolute Gasteiger partial charge is 0.319 e. The predicted octanol–water partition coefficient (Wildman–Crippen LogP) is 5.51. The number of aromatic nitrogens is 2. The number of hydrogen-bond acceptors (Lipinski definition) is 2. The van der Waals surface area contributed by atoms with Crippen LogP contribution in [0.4, 0.5) is 5.69 Å². The Morgan fingerprint density at radius 1 is 1.15 bits per heavy atom. The van der Waals surface area contributed by atoms with Gasteiger partial charge in [-0.3, -0.25) is 9.48 Å². The number of nitrogens with one attached hydrogen (secondary N) is 1. The SMILES string of the molecule is Cc1nn(Cc2cccc(Cl)c2)c(C)c1NC(=O)/C=C/c1ccccc1Cl. The van der Waals surface area contributed by atoms with Crippen LogP contribution in [0.5, 0.6) is 0 Å². The van der Waals surface area contributed by atoms with Crippen LogP contribution in [-0.2, 0) is 11.3 Å². The minimum absolute atomic E-state index is 0.233. The zero-order valence-corrected chi connectivity index (χ0v) is 16.6. The molecule has 0 aliphatic rings. The quantitative estimate of drug-likeness (QED) is 0.575. The van der Waals surface area contributed by atoms with Gasteiger partial charge in [0.1, 0.15) is 0 Å². The van der Waals surface area contributed by atoms with Crippen LogP contribution in [0.2, 0.25) is 10.0 Å². The van der Waals surface area contributed by atoms with E-state index < -0.39 is 0 Å². The summed E-state index contributed by atoms with van der Waals surface area (Å²) >= 11 is 12.2. The van der Waals surface area contributed by atoms with E-state index in [1.807, 2.05) is 61.0 Å². The van der Waals surface area contributed by atoms with E-state index in [9.17, 15) is 4.79 Å². The van der Waals surface area contributed by atoms with Crippen molar-refractivity contribution in [3.05, 3.63) is 87.2 Å². The molecule has 1 amide bonds. The van der Waals surface area contributed by atoms with Gasteiger partial charge in [0.15, 0.2) is 0 Å². The van der Waals surface area contributed by atoms with Gasteiger partial charge in [0.05, 0.1) is 23.6 Å². The highest BCUT2D eigenvalue weighted by atomic mass is 35.5. The Bertz CT molecular complexity index is 1010. The van der Waals surface area contributed by atoms with Gasteiger partial charge in [-0.25, -0.2) is 0 Å². The van der Waals surface area contributed by atoms with Crippen LogP contribution in [0, 0.1) is 13.8 Å². The molecule has 0 bridgehead atoms. The van der Waals surface area contributed by atoms with E-state index >= 15 is 0 Å². The molecular formula is C21H19Cl2N3O. The van der Waals surface area contributed by atoms with Gasteiger partial charge in [-0.2, -0.15) is 5.10 Å². The molecule has 1 aromatic heterocycles. The molecule has 0 fully saturated rings. The van der Waals surface area contributed by atoms with Gasteiger partial charge in [0.2, 0.25) is 5.91 Å². The molecule has 27 heavy (non-hydrogen) atoms. The third-order valence-corrected chi connectivity index (χ3v) is 4.75. The fourth-order valence-corrected chi connectivity index (χ4v) is 3.19. The molecule has 3 aromatic rings. The monoisotopic (exact) mass is 399 g/mol. The molecule has 0 aliphatic carbocycles. The van der Waals surface area contributed by atoms with Crippen LogP contribution in [0.25, 0.3) is 6.08 Å². The minimum atomic E-state index is -0.233. The summed E-state index contributed by atoms with van der Waals surface area (Å²) in [5.41, 5.74) is 4.19. The number of nitrogens with zero attached hydrogens (tertiary/aromatic N) is 2. The van der Waals surface area contributed by atoms with Crippen molar-refractivity contribution in [2.75, 3.05) is 5.32 Å². The highest BCUT2D eigenvalue weighted by molar-refractivity contribution is 6.32. The number of carbonyl (C=O) groups excluding carboxylic acids is 1. The Balaban J connectivity index is 1.74. The summed E-state index contributed by atoms with van der Waals surface area (Å²) in [6.45, 7) is 4.38. The first-order valence-electron chi connectivity index (χ1n) is 8.46. The second-order valence-electron chi connectivity index (χ2n) is 6.18. The summed E-state index contributed by atoms with van der Waals surface area (Å²) in [6.07, 6.45) is 3.16. The Hall–Kier alpha value is -2.56. The van der Waals surface area contributed by atoms with E-state index in [2.05, 4.69) is 10.4 Å². The Morgan fingerprint density at radius 2 is 1.93 bits per heavy atom. The van der Waals surface area contributed by atoms with E-state index in [0.29, 0.717) is 22.3 Å². The summed E-state index contributed by atoms with van der Waals surface area (Å²) in [7, 11) is 0. The molecule has 0 aliphatic heterocycles. The lowest BCUT2D eigenvalue weighted by molar-refractivity contribution is -0.111. The molecule has 0 saturated heterocycles. The lowest BCUT2D eigenvalue weighted by Crippen LogP contribution is -2.10. The molecule has 6 heteroatoms. The molecule has 1 N–H and O–H groups in total. The molecule has 4 nitrogen and oxygen atoms in total. The standard InChI is InChI=1S/C21H19Cl2N3O/c1-14-21(24-20(27)11-10-17-7-3-4-9-19(17)23)15(2)26(25-14)13-16-6-5-8-18(22)12-16/h3-12H,13H2,1-2H3,(H,24,27)/b11-10+. The number of aryl methyl sites for hydroxylation is 1. The van der Waals surface area contributed by atoms with Gasteiger partial charge in [-0.1, -0.05) is 53.5 Å². The van der Waals surface area contributed by atoms with Gasteiger partial charge in [-0.15, -0.1) is 0 Å². The molecule has 3 rings (SSSR count). The number of amides is 1. The van der Waals surface area contributed by atoms with E-state index in [-0.39, 0.29) is 5.91 Å². The maximum Gasteiger partial charge on any atom is 0.248 e. The summed E-state index contributed by atoms with van der Waals surface area (Å²) in [5.74, 6) is -0.233. The summed E-state index contributed by atoms with van der Waals surface area (Å²) in [5, 5.41) is 8.73. The highest BCUT2D eigenvalue weighted by Crippen LogP contribution is 2.22. The van der Waals surface area contributed by atoms with Crippen LogP contribution in [0.3, 0.4) is 0 Å². The average Bonchev–Trinajstić information content (AvgIpc) is 2.88. The zero-order chi connectivity index (χ0) is 19.4. The van der Waals surface area contributed by atoms with Gasteiger partial charge in [0.25, 0.3) is 0 Å². The van der Waals surface area contributed by atoms with Crippen molar-refractivity contribution in [3.8, 4) is 0 Å². The van der Waals surface area contributed by atoms with E-state index in [4.69, 9.17) is 23.2 Å². The molecule has 2 aromatic carbocycles. The van der Waals surface area contributed by atoms with Crippen LogP contribution < -0.4 is 5.32 Å². The second kappa shape index (κ2) is 8.42. The van der Waals surface area contributed by atoms with E-state index in [0.717, 1.165) is 22.5 Å². The van der Waals surface area contributed by atoms with Crippen molar-refractivity contribution < 1.29 is 4.79 Å². The topological polar surface area (TPSA) is 46.9 Å². The second-order valence-corrected chi connectivity index (χ2v) is 7.02. The number of hydrogen-bond donors (Lipinski definition) is 1. The molecule has 138 valence electrons. The maximum atomic E-state index is 12.3. The normalized spacial score (nSPS) is 11.1. The van der Waals surface area contributed by atoms with Crippen molar-refractivity contribution in [3.63, 3.8) is 0 Å². The first-order valence-corrected chi connectivity index (χ1v) is 9.21. The lowest BCUT2D eigenvalue weighted by atomic mass is 10.2. The lowest BCUT2D eigenvalue weighted by Gasteiger charge is -2.06. The van der Waals surface area contributed by atoms with Crippen molar-refractivity contribution in [2.45, 2.75) is 20.4 Å². The molecule has 0 radical (unpaired) electrons. The Morgan fingerprint density at radius 3 is 2.67 bits per heavy atom. The molecule has 1 heterocycles. The fraction of sp³-hybridized carbons (Fsp3) is 0.143. The number of carbonyl (C=O) groups is 1. The molecule has 0 atom stereocenters. The highest BCUT2D eigenvalue weighted by Gasteiger charge is 2.13. The predicted molar refractivity (Wildman–Crippen MR) is 111 cm³/mol. The van der Waals surface area contributed by atoms with Crippen LogP contribution in [0.1, 0.15) is 22.5 Å². The van der Waals surface area contributed by atoms with Gasteiger partial charge in [-0.05, 0) is 49.2 Å². The van der Waals surface area contributed by atoms with Crippen LogP contribution >= 0.6 is 23.2 Å². The van der Waals surface area contributed by atoms with E-state index in [1.165, 1.54) is 6.08 Å². The minimum Gasteiger partial charge on any atom is -0.319 e. The molecule has 0 unspecified atom stereocenters. The Labute approximate surface area is 168 Å². The summed E-state index contributed by atoms with van der Waals surface area (Å²) < 4.78 is 1.86.